The molecule has 1 fully saturated rings. The van der Waals surface area contributed by atoms with E-state index < -0.39 is 5.97 Å². The van der Waals surface area contributed by atoms with Gasteiger partial charge >= 0.3 is 5.97 Å². The Balaban J connectivity index is 0.000000410. The first kappa shape index (κ1) is 42.0. The highest BCUT2D eigenvalue weighted by atomic mass is 35.5. The van der Waals surface area contributed by atoms with Gasteiger partial charge in [-0.25, -0.2) is 4.98 Å². The second kappa shape index (κ2) is 18.5. The van der Waals surface area contributed by atoms with E-state index in [0.717, 1.165) is 48.9 Å². The Morgan fingerprint density at radius 1 is 0.915 bits per heavy atom. The van der Waals surface area contributed by atoms with Gasteiger partial charge < -0.3 is 9.52 Å². The minimum atomic E-state index is -0.590. The molecule has 1 aliphatic rings. The molecule has 0 unspecified atom stereocenters. The van der Waals surface area contributed by atoms with Crippen molar-refractivity contribution in [3.05, 3.63) is 52.7 Å². The maximum Gasteiger partial charge on any atom is 0.309 e. The fraction of sp³-hybridized carbons (Fsp3) is 0.600. The number of unbranched alkanes of at least 4 members (excludes halogenated alkanes) is 1. The lowest BCUT2D eigenvalue weighted by atomic mass is 9.84. The molecule has 7 heteroatoms. The maximum atomic E-state index is 12.3. The first-order valence-electron chi connectivity index (χ1n) is 17.3. The van der Waals surface area contributed by atoms with Crippen LogP contribution in [0.25, 0.3) is 22.4 Å². The number of carboxylic acid groups (broad SMARTS) is 1. The van der Waals surface area contributed by atoms with Gasteiger partial charge in [-0.15, -0.1) is 0 Å². The number of carbonyl (C=O) groups is 3. The monoisotopic (exact) mass is 669 g/mol. The van der Waals surface area contributed by atoms with Gasteiger partial charge in [0.1, 0.15) is 11.3 Å². The first-order valence-corrected chi connectivity index (χ1v) is 17.7. The van der Waals surface area contributed by atoms with Crippen LogP contribution in [0.3, 0.4) is 0 Å². The van der Waals surface area contributed by atoms with Crippen LogP contribution in [0, 0.1) is 16.7 Å². The molecule has 1 saturated carbocycles. The van der Waals surface area contributed by atoms with Crippen LogP contribution < -0.4 is 0 Å². The number of pyridine rings is 1. The number of carbonyl (C=O) groups excluding carboxylic acids is 2. The van der Waals surface area contributed by atoms with E-state index in [-0.39, 0.29) is 27.9 Å². The summed E-state index contributed by atoms with van der Waals surface area (Å²) in [6, 6.07) is 11.4. The smallest absolute Gasteiger partial charge is 0.309 e. The summed E-state index contributed by atoms with van der Waals surface area (Å²) in [4.78, 5) is 38.6. The molecule has 1 aromatic carbocycles. The van der Waals surface area contributed by atoms with Gasteiger partial charge in [-0.05, 0) is 42.9 Å². The lowest BCUT2D eigenvalue weighted by Gasteiger charge is -2.20. The van der Waals surface area contributed by atoms with Crippen molar-refractivity contribution in [1.82, 2.24) is 4.98 Å². The summed E-state index contributed by atoms with van der Waals surface area (Å²) in [6.45, 7) is 24.2. The number of carboxylic acids is 1. The summed E-state index contributed by atoms with van der Waals surface area (Å²) in [7, 11) is 0. The number of furan rings is 1. The molecule has 6 nitrogen and oxygen atoms in total. The van der Waals surface area contributed by atoms with Crippen LogP contribution in [0.5, 0.6) is 0 Å². The summed E-state index contributed by atoms with van der Waals surface area (Å²) < 4.78 is 5.93. The predicted molar refractivity (Wildman–Crippen MR) is 196 cm³/mol. The number of benzene rings is 1. The van der Waals surface area contributed by atoms with Crippen LogP contribution in [0.4, 0.5) is 0 Å². The third-order valence-corrected chi connectivity index (χ3v) is 8.80. The van der Waals surface area contributed by atoms with E-state index in [2.05, 4.69) is 34.6 Å². The zero-order valence-electron chi connectivity index (χ0n) is 31.1. The molecule has 0 bridgehead atoms. The molecule has 2 aromatic heterocycles. The Bertz CT molecular complexity index is 1430. The van der Waals surface area contributed by atoms with Gasteiger partial charge in [0.2, 0.25) is 5.78 Å². The summed E-state index contributed by atoms with van der Waals surface area (Å²) in [5.41, 5.74) is 3.64. The van der Waals surface area contributed by atoms with Gasteiger partial charge in [-0.1, -0.05) is 133 Å². The number of hydrogen-bond donors (Lipinski definition) is 1. The van der Waals surface area contributed by atoms with Crippen molar-refractivity contribution in [3.8, 4) is 11.3 Å². The molecule has 0 amide bonds. The zero-order valence-corrected chi connectivity index (χ0v) is 31.9. The summed E-state index contributed by atoms with van der Waals surface area (Å²) in [5.74, 6) is -0.0125. The largest absolute Gasteiger partial charge is 0.481 e. The van der Waals surface area contributed by atoms with Crippen molar-refractivity contribution in [1.29, 1.82) is 0 Å². The van der Waals surface area contributed by atoms with Gasteiger partial charge in [0.25, 0.3) is 0 Å². The highest BCUT2D eigenvalue weighted by Gasteiger charge is 2.39. The van der Waals surface area contributed by atoms with Crippen molar-refractivity contribution in [2.24, 2.45) is 16.7 Å². The van der Waals surface area contributed by atoms with E-state index in [0.29, 0.717) is 34.1 Å². The summed E-state index contributed by atoms with van der Waals surface area (Å²) in [5, 5.41) is 9.55. The normalized spacial score (nSPS) is 13.9. The molecule has 0 aliphatic heterocycles. The molecule has 4 rings (SSSR count). The lowest BCUT2D eigenvalue weighted by molar-refractivity contribution is -0.148. The van der Waals surface area contributed by atoms with E-state index in [1.54, 1.807) is 6.07 Å². The Morgan fingerprint density at radius 2 is 1.45 bits per heavy atom. The number of halogens is 1. The fourth-order valence-electron chi connectivity index (χ4n) is 5.05. The van der Waals surface area contributed by atoms with Crippen LogP contribution in [0.15, 0.2) is 40.8 Å². The fourth-order valence-corrected chi connectivity index (χ4v) is 5.18. The number of fused-ring (bicyclic) bond motifs is 1. The third kappa shape index (κ3) is 12.5. The Kier molecular flexibility index (Phi) is 16.6. The van der Waals surface area contributed by atoms with E-state index in [4.69, 9.17) is 26.1 Å². The van der Waals surface area contributed by atoms with Gasteiger partial charge in [0.15, 0.2) is 11.3 Å². The Labute approximate surface area is 289 Å². The van der Waals surface area contributed by atoms with Crippen molar-refractivity contribution in [2.75, 3.05) is 0 Å². The van der Waals surface area contributed by atoms with Crippen molar-refractivity contribution >= 4 is 40.2 Å². The second-order valence-electron chi connectivity index (χ2n) is 14.8. The highest BCUT2D eigenvalue weighted by Crippen LogP contribution is 2.41. The van der Waals surface area contributed by atoms with Crippen LogP contribution in [0.2, 0.25) is 5.02 Å². The molecule has 3 aromatic rings. The van der Waals surface area contributed by atoms with Gasteiger partial charge in [-0.3, -0.25) is 14.4 Å². The van der Waals surface area contributed by atoms with Crippen LogP contribution in [-0.4, -0.2) is 27.6 Å². The Hall–Kier alpha value is -2.99. The van der Waals surface area contributed by atoms with Gasteiger partial charge in [-0.2, -0.15) is 0 Å². The molecule has 262 valence electrons. The minimum absolute atomic E-state index is 0.00842. The molecule has 0 spiro atoms. The second-order valence-corrected chi connectivity index (χ2v) is 15.3. The number of ketones is 2. The molecular formula is C40H60ClNO5. The third-order valence-electron chi connectivity index (χ3n) is 8.54. The molecule has 2 heterocycles. The standard InChI is InChI=1S/C21H22ClNO2.C8H14O2.C7H14O.C4H10/c1-12(2)19(24)18-11-17-20(25-18)15(21(3,4)5)10-16(23-17)13-6-8-14(22)9-7-13;1-2-8(7(9)10)5-3-4-6-8;1-5-6(8)7(2,3)4;1-3-4-2/h6-12H,1-5H3;2-6H2,1H3,(H,9,10);5H2,1-4H3;3-4H2,1-2H3. The molecule has 0 radical (unpaired) electrons. The first-order chi connectivity index (χ1) is 21.8. The number of aromatic nitrogens is 1. The molecule has 0 saturated heterocycles. The van der Waals surface area contributed by atoms with Crippen molar-refractivity contribution in [3.63, 3.8) is 0 Å². The average molecular weight is 670 g/mol. The number of hydrogen-bond acceptors (Lipinski definition) is 5. The van der Waals surface area contributed by atoms with Crippen LogP contribution in [0.1, 0.15) is 151 Å². The molecule has 0 atom stereocenters. The van der Waals surface area contributed by atoms with Crippen LogP contribution >= 0.6 is 11.6 Å². The number of Topliss-reactive ketones (excluding diaryl/α,β-unsaturated/α-hetero) is 2. The molecule has 1 aliphatic carbocycles. The lowest BCUT2D eigenvalue weighted by Crippen LogP contribution is -2.26. The Morgan fingerprint density at radius 3 is 1.79 bits per heavy atom. The van der Waals surface area contributed by atoms with E-state index in [9.17, 15) is 14.4 Å². The zero-order chi connectivity index (χ0) is 36.2. The summed E-state index contributed by atoms with van der Waals surface area (Å²) in [6.07, 6.45) is 8.06. The van der Waals surface area contributed by atoms with Gasteiger partial charge in [0.05, 0.1) is 11.1 Å². The van der Waals surface area contributed by atoms with Crippen molar-refractivity contribution < 1.29 is 23.9 Å². The molecular weight excluding hydrogens is 610 g/mol. The van der Waals surface area contributed by atoms with E-state index in [1.165, 1.54) is 12.8 Å². The SMILES string of the molecule is CC(C)C(=O)c1cc2nc(-c3ccc(Cl)cc3)cc(C(C)(C)C)c2o1.CCC(=O)C(C)(C)C.CCC1(C(=O)O)CCCC1.CCCC. The molecule has 1 N–H and O–H groups in total. The van der Waals surface area contributed by atoms with Crippen LogP contribution in [-0.2, 0) is 15.0 Å². The topological polar surface area (TPSA) is 97.5 Å². The predicted octanol–water partition coefficient (Wildman–Crippen LogP) is 12.1. The average Bonchev–Trinajstić information content (AvgIpc) is 3.68. The number of nitrogens with zero attached hydrogens (tertiary/aromatic N) is 1. The quantitative estimate of drug-likeness (QED) is 0.251. The summed E-state index contributed by atoms with van der Waals surface area (Å²) >= 11 is 5.99. The number of rotatable bonds is 7. The molecule has 47 heavy (non-hydrogen) atoms. The van der Waals surface area contributed by atoms with E-state index >= 15 is 0 Å². The van der Waals surface area contributed by atoms with Crippen molar-refractivity contribution in [2.45, 2.75) is 140 Å². The minimum Gasteiger partial charge on any atom is -0.481 e. The highest BCUT2D eigenvalue weighted by molar-refractivity contribution is 6.30. The van der Waals surface area contributed by atoms with Gasteiger partial charge in [0, 0.05) is 40.0 Å². The maximum absolute atomic E-state index is 12.3. The number of aliphatic carboxylic acids is 1. The van der Waals surface area contributed by atoms with E-state index in [1.807, 2.05) is 78.8 Å².